The maximum Gasteiger partial charge on any atom is 0.220 e. The summed E-state index contributed by atoms with van der Waals surface area (Å²) in [6.45, 7) is 3.77. The molecule has 7 unspecified atom stereocenters. The van der Waals surface area contributed by atoms with Crippen molar-refractivity contribution in [2.24, 2.45) is 0 Å². The van der Waals surface area contributed by atoms with Crippen molar-refractivity contribution in [3.63, 3.8) is 0 Å². The molecule has 7 atom stereocenters. The van der Waals surface area contributed by atoms with E-state index in [0.717, 1.165) is 57.8 Å². The van der Waals surface area contributed by atoms with Crippen LogP contribution < -0.4 is 5.32 Å². The van der Waals surface area contributed by atoms with E-state index in [9.17, 15) is 30.3 Å². The summed E-state index contributed by atoms with van der Waals surface area (Å²) in [6.07, 6.45) is 54.6. The van der Waals surface area contributed by atoms with Crippen LogP contribution in [-0.2, 0) is 14.3 Å². The van der Waals surface area contributed by atoms with E-state index < -0.39 is 49.5 Å². The van der Waals surface area contributed by atoms with Gasteiger partial charge in [-0.2, -0.15) is 0 Å². The minimum absolute atomic E-state index is 0.194. The Balaban J connectivity index is 2.30. The maximum absolute atomic E-state index is 13.0. The number of amides is 1. The number of carbonyl (C=O) groups excluding carboxylic acids is 1. The Bertz CT molecular complexity index is 1170. The number of unbranched alkanes of at least 4 members (excludes halogenated alkanes) is 31. The zero-order chi connectivity index (χ0) is 48.0. The van der Waals surface area contributed by atoms with Crippen molar-refractivity contribution in [2.45, 2.75) is 294 Å². The summed E-state index contributed by atoms with van der Waals surface area (Å²) < 4.78 is 11.2. The van der Waals surface area contributed by atoms with Crippen LogP contribution in [0.15, 0.2) is 48.6 Å². The lowest BCUT2D eigenvalue weighted by Gasteiger charge is -2.40. The molecule has 1 rings (SSSR count). The van der Waals surface area contributed by atoms with Gasteiger partial charge in [-0.1, -0.05) is 223 Å². The van der Waals surface area contributed by atoms with Crippen molar-refractivity contribution in [3.8, 4) is 0 Å². The number of hydrogen-bond acceptors (Lipinski definition) is 8. The molecule has 0 spiro atoms. The smallest absolute Gasteiger partial charge is 0.220 e. The predicted octanol–water partition coefficient (Wildman–Crippen LogP) is 13.3. The van der Waals surface area contributed by atoms with E-state index in [0.29, 0.717) is 6.42 Å². The standard InChI is InChI=1S/C57H105NO8/c1-3-5-7-9-11-13-15-17-19-21-23-24-25-26-27-29-30-32-34-36-38-40-42-44-46-51(60)50(49-65-57-56(64)55(63)54(62)52(48-59)66-57)58-53(61)47-45-43-41-39-37-35-33-31-28-22-20-18-16-14-12-10-8-6-4-2/h22,28-30,36,38,44,46,50-52,54-57,59-60,62-64H,3-21,23-27,31-35,37,39-43,45,47-49H2,1-2H3,(H,58,61)/b28-22-,30-29+,38-36+,46-44+. The first kappa shape index (κ1) is 62.2. The topological polar surface area (TPSA) is 149 Å². The van der Waals surface area contributed by atoms with Gasteiger partial charge in [0.1, 0.15) is 24.4 Å². The van der Waals surface area contributed by atoms with E-state index in [4.69, 9.17) is 9.47 Å². The minimum Gasteiger partial charge on any atom is -0.394 e. The highest BCUT2D eigenvalue weighted by Gasteiger charge is 2.44. The number of nitrogens with one attached hydrogen (secondary N) is 1. The van der Waals surface area contributed by atoms with Gasteiger partial charge in [-0.25, -0.2) is 0 Å². The Morgan fingerprint density at radius 1 is 0.500 bits per heavy atom. The fourth-order valence-corrected chi connectivity index (χ4v) is 8.65. The molecule has 1 aliphatic rings. The van der Waals surface area contributed by atoms with Gasteiger partial charge >= 0.3 is 0 Å². The van der Waals surface area contributed by atoms with E-state index in [1.165, 1.54) is 173 Å². The molecule has 0 aromatic carbocycles. The van der Waals surface area contributed by atoms with Crippen molar-refractivity contribution in [3.05, 3.63) is 48.6 Å². The van der Waals surface area contributed by atoms with Gasteiger partial charge in [0.2, 0.25) is 5.91 Å². The third-order valence-corrected chi connectivity index (χ3v) is 13.1. The lowest BCUT2D eigenvalue weighted by molar-refractivity contribution is -0.302. The number of hydrogen-bond donors (Lipinski definition) is 6. The molecule has 9 nitrogen and oxygen atoms in total. The second-order valence-corrected chi connectivity index (χ2v) is 19.4. The van der Waals surface area contributed by atoms with Crippen molar-refractivity contribution in [2.75, 3.05) is 13.2 Å². The second-order valence-electron chi connectivity index (χ2n) is 19.4. The number of rotatable bonds is 47. The summed E-state index contributed by atoms with van der Waals surface area (Å²) >= 11 is 0. The molecular formula is C57H105NO8. The maximum atomic E-state index is 13.0. The average molecular weight is 932 g/mol. The molecule has 1 aliphatic heterocycles. The molecule has 0 aromatic rings. The predicted molar refractivity (Wildman–Crippen MR) is 276 cm³/mol. The van der Waals surface area contributed by atoms with Gasteiger partial charge in [-0.05, 0) is 70.6 Å². The fourth-order valence-electron chi connectivity index (χ4n) is 8.65. The van der Waals surface area contributed by atoms with E-state index in [2.05, 4.69) is 55.6 Å². The van der Waals surface area contributed by atoms with E-state index in [1.807, 2.05) is 6.08 Å². The van der Waals surface area contributed by atoms with Crippen LogP contribution in [0.2, 0.25) is 0 Å². The SMILES string of the molecule is CCCCCCCCCC/C=C\CCCCCCCCCC(=O)NC(COC1OC(CO)C(O)C(O)C1O)C(O)/C=C/CC/C=C/CC/C=C/CCCCCCCCCCCCCCCC. The van der Waals surface area contributed by atoms with Crippen LogP contribution in [0.1, 0.15) is 251 Å². The molecule has 6 N–H and O–H groups in total. The normalized spacial score (nSPS) is 20.1. The highest BCUT2D eigenvalue weighted by Crippen LogP contribution is 2.23. The van der Waals surface area contributed by atoms with Crippen LogP contribution >= 0.6 is 0 Å². The lowest BCUT2D eigenvalue weighted by Crippen LogP contribution is -2.60. The summed E-state index contributed by atoms with van der Waals surface area (Å²) in [5.41, 5.74) is 0. The summed E-state index contributed by atoms with van der Waals surface area (Å²) in [5.74, 6) is -0.194. The molecule has 1 fully saturated rings. The zero-order valence-electron chi connectivity index (χ0n) is 42.7. The summed E-state index contributed by atoms with van der Waals surface area (Å²) in [5, 5.41) is 54.4. The molecule has 0 radical (unpaired) electrons. The summed E-state index contributed by atoms with van der Waals surface area (Å²) in [4.78, 5) is 13.0. The molecule has 1 amide bonds. The molecule has 0 saturated carbocycles. The van der Waals surface area contributed by atoms with Crippen LogP contribution in [0.3, 0.4) is 0 Å². The Labute approximate surface area is 405 Å². The Morgan fingerprint density at radius 3 is 1.27 bits per heavy atom. The highest BCUT2D eigenvalue weighted by atomic mass is 16.7. The Hall–Kier alpha value is -1.85. The Kier molecular flexibility index (Phi) is 44.1. The van der Waals surface area contributed by atoms with Gasteiger partial charge in [0, 0.05) is 6.42 Å². The molecular weight excluding hydrogens is 827 g/mol. The van der Waals surface area contributed by atoms with Gasteiger partial charge in [-0.3, -0.25) is 4.79 Å². The first-order valence-corrected chi connectivity index (χ1v) is 27.9. The van der Waals surface area contributed by atoms with Crippen molar-refractivity contribution in [1.29, 1.82) is 0 Å². The summed E-state index contributed by atoms with van der Waals surface area (Å²) in [7, 11) is 0. The van der Waals surface area contributed by atoms with Crippen molar-refractivity contribution < 1.29 is 39.8 Å². The van der Waals surface area contributed by atoms with Crippen LogP contribution in [0.25, 0.3) is 0 Å². The number of aliphatic hydroxyl groups is 5. The van der Waals surface area contributed by atoms with Gasteiger partial charge in [0.05, 0.1) is 25.4 Å². The molecule has 9 heteroatoms. The third-order valence-electron chi connectivity index (χ3n) is 13.1. The van der Waals surface area contributed by atoms with Gasteiger partial charge < -0.3 is 40.3 Å². The largest absolute Gasteiger partial charge is 0.394 e. The first-order chi connectivity index (χ1) is 32.3. The molecule has 66 heavy (non-hydrogen) atoms. The molecule has 386 valence electrons. The van der Waals surface area contributed by atoms with Gasteiger partial charge in [0.15, 0.2) is 6.29 Å². The van der Waals surface area contributed by atoms with E-state index in [-0.39, 0.29) is 12.5 Å². The molecule has 0 aromatic heterocycles. The fraction of sp³-hybridized carbons (Fsp3) is 0.842. The van der Waals surface area contributed by atoms with Crippen molar-refractivity contribution >= 4 is 5.91 Å². The average Bonchev–Trinajstić information content (AvgIpc) is 3.32. The summed E-state index contributed by atoms with van der Waals surface area (Å²) in [6, 6.07) is -0.831. The van der Waals surface area contributed by atoms with Crippen LogP contribution in [0.4, 0.5) is 0 Å². The van der Waals surface area contributed by atoms with Crippen LogP contribution in [0.5, 0.6) is 0 Å². The van der Waals surface area contributed by atoms with E-state index in [1.54, 1.807) is 6.08 Å². The number of carbonyl (C=O) groups is 1. The van der Waals surface area contributed by atoms with E-state index >= 15 is 0 Å². The molecule has 1 heterocycles. The third kappa shape index (κ3) is 36.2. The highest BCUT2D eigenvalue weighted by molar-refractivity contribution is 5.76. The Morgan fingerprint density at radius 2 is 0.864 bits per heavy atom. The molecule has 0 aliphatic carbocycles. The first-order valence-electron chi connectivity index (χ1n) is 27.9. The second kappa shape index (κ2) is 46.9. The molecule has 1 saturated heterocycles. The number of ether oxygens (including phenoxy) is 2. The number of allylic oxidation sites excluding steroid dienone is 7. The zero-order valence-corrected chi connectivity index (χ0v) is 42.7. The van der Waals surface area contributed by atoms with Crippen LogP contribution in [0, 0.1) is 0 Å². The minimum atomic E-state index is -1.58. The molecule has 0 bridgehead atoms. The quantitative estimate of drug-likeness (QED) is 0.0261. The van der Waals surface area contributed by atoms with Crippen molar-refractivity contribution in [1.82, 2.24) is 5.32 Å². The van der Waals surface area contributed by atoms with Gasteiger partial charge in [0.25, 0.3) is 0 Å². The van der Waals surface area contributed by atoms with Gasteiger partial charge in [-0.15, -0.1) is 0 Å². The monoisotopic (exact) mass is 932 g/mol. The van der Waals surface area contributed by atoms with Crippen LogP contribution in [-0.4, -0.2) is 87.5 Å². The lowest BCUT2D eigenvalue weighted by atomic mass is 9.99. The number of aliphatic hydroxyl groups excluding tert-OH is 5.